The van der Waals surface area contributed by atoms with Crippen molar-refractivity contribution in [3.05, 3.63) is 77.7 Å². The van der Waals surface area contributed by atoms with E-state index in [0.717, 1.165) is 35.9 Å². The third kappa shape index (κ3) is 2.67. The fraction of sp³-hybridized carbons (Fsp3) is 0.174. The van der Waals surface area contributed by atoms with Crippen molar-refractivity contribution in [3.8, 4) is 11.1 Å². The molecule has 0 radical (unpaired) electrons. The maximum atomic E-state index is 11.8. The number of carbonyl (C=O) groups excluding carboxylic acids is 1. The molecule has 1 aliphatic carbocycles. The average molecular weight is 368 g/mol. The van der Waals surface area contributed by atoms with Gasteiger partial charge in [0, 0.05) is 34.8 Å². The van der Waals surface area contributed by atoms with Gasteiger partial charge in [0.25, 0.3) is 0 Å². The molecule has 0 spiro atoms. The lowest BCUT2D eigenvalue weighted by Crippen LogP contribution is -2.21. The minimum atomic E-state index is -0.203. The highest BCUT2D eigenvalue weighted by Gasteiger charge is 2.30. The second-order valence-electron chi connectivity index (χ2n) is 7.34. The fourth-order valence-electron chi connectivity index (χ4n) is 4.45. The largest absolute Gasteiger partial charge is 0.368 e. The molecule has 5 rings (SSSR count). The van der Waals surface area contributed by atoms with Crippen LogP contribution in [0.15, 0.2) is 60.9 Å². The summed E-state index contributed by atoms with van der Waals surface area (Å²) in [6, 6.07) is 16.9. The number of rotatable bonds is 3. The van der Waals surface area contributed by atoms with Gasteiger partial charge in [-0.2, -0.15) is 0 Å². The standard InChI is InChI=1S/C23H20N4O/c24-23-26-12-20-15(13-28)10-14(11-22(20)27-23)16-4-1-2-5-17(16)18-6-3-7-21-19(18)8-9-25-21/h1-9,12-15,25H,10-11H2,(H2,24,26,27). The third-order valence-electron chi connectivity index (χ3n) is 5.75. The Kier molecular flexibility index (Phi) is 3.93. The van der Waals surface area contributed by atoms with Crippen LogP contribution in [-0.2, 0) is 11.2 Å². The highest BCUT2D eigenvalue weighted by Crippen LogP contribution is 2.42. The van der Waals surface area contributed by atoms with E-state index in [1.54, 1.807) is 6.20 Å². The van der Waals surface area contributed by atoms with Crippen LogP contribution in [0, 0.1) is 0 Å². The number of anilines is 1. The molecule has 28 heavy (non-hydrogen) atoms. The molecule has 0 bridgehead atoms. The van der Waals surface area contributed by atoms with Crippen LogP contribution in [0.1, 0.15) is 35.1 Å². The molecule has 0 aliphatic heterocycles. The summed E-state index contributed by atoms with van der Waals surface area (Å²) in [5, 5.41) is 1.20. The number of H-pyrrole nitrogens is 1. The molecule has 1 aliphatic rings. The summed E-state index contributed by atoms with van der Waals surface area (Å²) in [4.78, 5) is 23.6. The third-order valence-corrected chi connectivity index (χ3v) is 5.75. The van der Waals surface area contributed by atoms with Crippen LogP contribution in [0.3, 0.4) is 0 Å². The number of hydrogen-bond donors (Lipinski definition) is 2. The van der Waals surface area contributed by atoms with Crippen molar-refractivity contribution >= 4 is 23.1 Å². The molecule has 5 nitrogen and oxygen atoms in total. The lowest BCUT2D eigenvalue weighted by atomic mass is 9.75. The topological polar surface area (TPSA) is 84.7 Å². The molecule has 3 N–H and O–H groups in total. The van der Waals surface area contributed by atoms with Crippen molar-refractivity contribution in [2.24, 2.45) is 0 Å². The van der Waals surface area contributed by atoms with Gasteiger partial charge in [-0.15, -0.1) is 0 Å². The van der Waals surface area contributed by atoms with E-state index < -0.39 is 0 Å². The second-order valence-corrected chi connectivity index (χ2v) is 7.34. The number of fused-ring (bicyclic) bond motifs is 2. The minimum absolute atomic E-state index is 0.197. The van der Waals surface area contributed by atoms with Gasteiger partial charge < -0.3 is 15.5 Å². The highest BCUT2D eigenvalue weighted by atomic mass is 16.1. The summed E-state index contributed by atoms with van der Waals surface area (Å²) >= 11 is 0. The lowest BCUT2D eigenvalue weighted by Gasteiger charge is -2.29. The summed E-state index contributed by atoms with van der Waals surface area (Å²) < 4.78 is 0. The zero-order valence-electron chi connectivity index (χ0n) is 15.3. The Balaban J connectivity index is 1.63. The first-order valence-corrected chi connectivity index (χ1v) is 9.46. The van der Waals surface area contributed by atoms with Crippen LogP contribution in [0.4, 0.5) is 5.95 Å². The Bertz CT molecular complexity index is 1180. The van der Waals surface area contributed by atoms with E-state index in [1.807, 2.05) is 6.20 Å². The van der Waals surface area contributed by atoms with Crippen molar-refractivity contribution in [2.45, 2.75) is 24.7 Å². The molecule has 5 heteroatoms. The maximum absolute atomic E-state index is 11.8. The first-order valence-electron chi connectivity index (χ1n) is 9.46. The van der Waals surface area contributed by atoms with Gasteiger partial charge in [0.2, 0.25) is 5.95 Å². The van der Waals surface area contributed by atoms with Gasteiger partial charge in [0.15, 0.2) is 0 Å². The molecule has 2 aromatic heterocycles. The highest BCUT2D eigenvalue weighted by molar-refractivity contribution is 5.96. The van der Waals surface area contributed by atoms with E-state index in [2.05, 4.69) is 63.5 Å². The molecule has 0 amide bonds. The lowest BCUT2D eigenvalue weighted by molar-refractivity contribution is -0.109. The van der Waals surface area contributed by atoms with Crippen LogP contribution in [0.2, 0.25) is 0 Å². The van der Waals surface area contributed by atoms with Gasteiger partial charge in [-0.05, 0) is 47.6 Å². The van der Waals surface area contributed by atoms with Crippen LogP contribution < -0.4 is 5.73 Å². The summed E-state index contributed by atoms with van der Waals surface area (Å²) in [6.45, 7) is 0. The fourth-order valence-corrected chi connectivity index (χ4v) is 4.45. The van der Waals surface area contributed by atoms with Crippen molar-refractivity contribution in [1.82, 2.24) is 15.0 Å². The number of nitrogens with two attached hydrogens (primary N) is 1. The zero-order chi connectivity index (χ0) is 19.1. The maximum Gasteiger partial charge on any atom is 0.220 e. The summed E-state index contributed by atoms with van der Waals surface area (Å²) in [5.74, 6) is 0.252. The Labute approximate surface area is 162 Å². The number of nitrogen functional groups attached to an aromatic ring is 1. The second kappa shape index (κ2) is 6.60. The van der Waals surface area contributed by atoms with Gasteiger partial charge in [-0.25, -0.2) is 9.97 Å². The van der Waals surface area contributed by atoms with Crippen molar-refractivity contribution in [2.75, 3.05) is 5.73 Å². The van der Waals surface area contributed by atoms with Crippen molar-refractivity contribution < 1.29 is 4.79 Å². The van der Waals surface area contributed by atoms with Gasteiger partial charge in [-0.1, -0.05) is 36.4 Å². The quantitative estimate of drug-likeness (QED) is 0.530. The molecule has 2 aromatic carbocycles. The van der Waals surface area contributed by atoms with Crippen LogP contribution >= 0.6 is 0 Å². The van der Waals surface area contributed by atoms with Gasteiger partial charge in [-0.3, -0.25) is 0 Å². The monoisotopic (exact) mass is 368 g/mol. The predicted molar refractivity (Wildman–Crippen MR) is 110 cm³/mol. The molecule has 0 saturated heterocycles. The average Bonchev–Trinajstić information content (AvgIpc) is 3.21. The molecule has 4 aromatic rings. The van der Waals surface area contributed by atoms with E-state index in [9.17, 15) is 4.79 Å². The summed E-state index contributed by atoms with van der Waals surface area (Å²) in [5.41, 5.74) is 12.4. The molecule has 2 atom stereocenters. The number of aromatic amines is 1. The molecule has 0 saturated carbocycles. The summed E-state index contributed by atoms with van der Waals surface area (Å²) in [7, 11) is 0. The first kappa shape index (κ1) is 16.7. The summed E-state index contributed by atoms with van der Waals surface area (Å²) in [6.07, 6.45) is 6.20. The Morgan fingerprint density at radius 2 is 1.89 bits per heavy atom. The number of benzene rings is 2. The first-order chi connectivity index (χ1) is 13.7. The Hall–Kier alpha value is -3.47. The molecular weight excluding hydrogens is 348 g/mol. The zero-order valence-corrected chi connectivity index (χ0v) is 15.3. The van der Waals surface area contributed by atoms with Crippen molar-refractivity contribution in [3.63, 3.8) is 0 Å². The van der Waals surface area contributed by atoms with Crippen LogP contribution in [0.25, 0.3) is 22.0 Å². The molecule has 138 valence electrons. The smallest absolute Gasteiger partial charge is 0.220 e. The number of aromatic nitrogens is 3. The van der Waals surface area contributed by atoms with E-state index >= 15 is 0 Å². The Morgan fingerprint density at radius 3 is 2.79 bits per heavy atom. The number of hydrogen-bond acceptors (Lipinski definition) is 4. The number of aldehydes is 1. The minimum Gasteiger partial charge on any atom is -0.368 e. The van der Waals surface area contributed by atoms with E-state index in [4.69, 9.17) is 5.73 Å². The van der Waals surface area contributed by atoms with Crippen LogP contribution in [0.5, 0.6) is 0 Å². The van der Waals surface area contributed by atoms with Crippen LogP contribution in [-0.4, -0.2) is 21.2 Å². The predicted octanol–water partition coefficient (Wildman–Crippen LogP) is 4.22. The van der Waals surface area contributed by atoms with Gasteiger partial charge >= 0.3 is 0 Å². The molecule has 2 unspecified atom stereocenters. The number of carbonyl (C=O) groups is 1. The van der Waals surface area contributed by atoms with Gasteiger partial charge in [0.1, 0.15) is 6.29 Å². The van der Waals surface area contributed by atoms with E-state index in [-0.39, 0.29) is 17.8 Å². The van der Waals surface area contributed by atoms with E-state index in [0.29, 0.717) is 0 Å². The molecule has 2 heterocycles. The normalized spacial score (nSPS) is 18.7. The van der Waals surface area contributed by atoms with Crippen molar-refractivity contribution in [1.29, 1.82) is 0 Å². The van der Waals surface area contributed by atoms with Gasteiger partial charge in [0.05, 0.1) is 5.69 Å². The SMILES string of the molecule is Nc1ncc2c(n1)CC(c1ccccc1-c1cccc3[nH]ccc13)CC2C=O. The molecular formula is C23H20N4O. The van der Waals surface area contributed by atoms with E-state index in [1.165, 1.54) is 22.1 Å². The molecule has 0 fully saturated rings. The number of nitrogens with one attached hydrogen (secondary N) is 1. The Morgan fingerprint density at radius 1 is 1.04 bits per heavy atom. The number of nitrogens with zero attached hydrogens (tertiary/aromatic N) is 2.